The predicted octanol–water partition coefficient (Wildman–Crippen LogP) is 0.846. The van der Waals surface area contributed by atoms with Gasteiger partial charge in [-0.05, 0) is 31.6 Å². The highest BCUT2D eigenvalue weighted by atomic mass is 16.5. The van der Waals surface area contributed by atoms with Crippen LogP contribution in [0.4, 0.5) is 0 Å². The largest absolute Gasteiger partial charge is 0.452 e. The van der Waals surface area contributed by atoms with Crippen LogP contribution in [0.2, 0.25) is 0 Å². The van der Waals surface area contributed by atoms with Crippen molar-refractivity contribution in [1.82, 2.24) is 25.3 Å². The average molecular weight is 578 g/mol. The molecular weight excluding hydrogens is 530 g/mol. The topological polar surface area (TPSA) is 145 Å². The summed E-state index contributed by atoms with van der Waals surface area (Å²) in [5, 5.41) is 5.51. The Kier molecular flexibility index (Phi) is 12.3. The number of nitrogens with zero attached hydrogens (tertiary/aromatic N) is 3. The van der Waals surface area contributed by atoms with Crippen LogP contribution >= 0.6 is 0 Å². The van der Waals surface area contributed by atoms with Crippen LogP contribution in [0, 0.1) is 11.8 Å². The van der Waals surface area contributed by atoms with E-state index in [1.165, 1.54) is 34.9 Å². The first-order chi connectivity index (χ1) is 19.3. The number of rotatable bonds is 5. The van der Waals surface area contributed by atoms with Crippen molar-refractivity contribution in [3.8, 4) is 0 Å². The maximum atomic E-state index is 13.9. The number of carbonyl (C=O) groups is 6. The van der Waals surface area contributed by atoms with E-state index in [0.29, 0.717) is 25.8 Å². The zero-order valence-corrected chi connectivity index (χ0v) is 25.5. The monoisotopic (exact) mass is 577 g/mol. The molecular formula is C29H47N5O7. The van der Waals surface area contributed by atoms with Crippen molar-refractivity contribution in [3.63, 3.8) is 0 Å². The second-order valence-electron chi connectivity index (χ2n) is 11.4. The summed E-state index contributed by atoms with van der Waals surface area (Å²) in [5.41, 5.74) is 0. The van der Waals surface area contributed by atoms with Gasteiger partial charge in [0.2, 0.25) is 23.6 Å². The lowest BCUT2D eigenvalue weighted by Gasteiger charge is -2.38. The number of nitrogens with one attached hydrogen (secondary N) is 2. The van der Waals surface area contributed by atoms with Crippen LogP contribution in [0.1, 0.15) is 66.7 Å². The standard InChI is InChI=1S/C29H47N5O7/c1-9-12-21-27(38)34-16-11-13-20(34)26(37)31-23(18(5)10-2)28(39)33(8)24(17(3)4)29(40)32(7)19(6)25(36)30-15-14-22(35)41-21/h9,17-21,23-24H,1,10-16H2,2-8H3,(H,30,36)(H,31,37)/t18-,19-,20-,21?,23-,24-/m0/s1. The van der Waals surface area contributed by atoms with Crippen molar-refractivity contribution in [2.24, 2.45) is 11.8 Å². The summed E-state index contributed by atoms with van der Waals surface area (Å²) < 4.78 is 5.45. The molecule has 230 valence electrons. The third-order valence-corrected chi connectivity index (χ3v) is 8.13. The number of esters is 1. The highest BCUT2D eigenvalue weighted by Crippen LogP contribution is 2.23. The number of ether oxygens (including phenoxy) is 1. The number of carbonyl (C=O) groups excluding carboxylic acids is 6. The Morgan fingerprint density at radius 2 is 1.66 bits per heavy atom. The van der Waals surface area contributed by atoms with E-state index in [2.05, 4.69) is 17.2 Å². The van der Waals surface area contributed by atoms with Gasteiger partial charge in [0.15, 0.2) is 6.10 Å². The molecule has 5 amide bonds. The fourth-order valence-corrected chi connectivity index (χ4v) is 5.25. The molecule has 41 heavy (non-hydrogen) atoms. The fraction of sp³-hybridized carbons (Fsp3) is 0.724. The molecule has 2 rings (SSSR count). The molecule has 0 bridgehead atoms. The van der Waals surface area contributed by atoms with Gasteiger partial charge in [-0.15, -0.1) is 6.58 Å². The highest BCUT2D eigenvalue weighted by molar-refractivity contribution is 5.96. The Bertz CT molecular complexity index is 1020. The molecule has 2 saturated heterocycles. The van der Waals surface area contributed by atoms with Gasteiger partial charge >= 0.3 is 5.97 Å². The maximum Gasteiger partial charge on any atom is 0.308 e. The van der Waals surface area contributed by atoms with Gasteiger partial charge < -0.3 is 30.1 Å². The van der Waals surface area contributed by atoms with Gasteiger partial charge in [-0.1, -0.05) is 40.2 Å². The normalized spacial score (nSPS) is 28.8. The quantitative estimate of drug-likeness (QED) is 0.364. The zero-order valence-electron chi connectivity index (χ0n) is 25.5. The summed E-state index contributed by atoms with van der Waals surface area (Å²) in [7, 11) is 3.02. The lowest BCUT2D eigenvalue weighted by Crippen LogP contribution is -2.60. The van der Waals surface area contributed by atoms with Crippen LogP contribution in [-0.4, -0.2) is 108 Å². The smallest absolute Gasteiger partial charge is 0.308 e. The van der Waals surface area contributed by atoms with Crippen molar-refractivity contribution in [3.05, 3.63) is 12.7 Å². The molecule has 2 heterocycles. The van der Waals surface area contributed by atoms with E-state index in [1.807, 2.05) is 27.7 Å². The van der Waals surface area contributed by atoms with E-state index in [-0.39, 0.29) is 31.2 Å². The minimum absolute atomic E-state index is 0.0566. The Morgan fingerprint density at radius 1 is 1.00 bits per heavy atom. The minimum Gasteiger partial charge on any atom is -0.452 e. The molecule has 0 saturated carbocycles. The molecule has 0 radical (unpaired) electrons. The van der Waals surface area contributed by atoms with Crippen molar-refractivity contribution >= 4 is 35.5 Å². The molecule has 2 N–H and O–H groups in total. The summed E-state index contributed by atoms with van der Waals surface area (Å²) in [6, 6.07) is -3.57. The first-order valence-electron chi connectivity index (χ1n) is 14.5. The lowest BCUT2D eigenvalue weighted by atomic mass is 9.94. The van der Waals surface area contributed by atoms with Crippen LogP contribution in [0.3, 0.4) is 0 Å². The van der Waals surface area contributed by atoms with Crippen LogP contribution in [0.15, 0.2) is 12.7 Å². The third-order valence-electron chi connectivity index (χ3n) is 8.13. The van der Waals surface area contributed by atoms with E-state index in [0.717, 1.165) is 0 Å². The van der Waals surface area contributed by atoms with Gasteiger partial charge in [-0.25, -0.2) is 0 Å². The van der Waals surface area contributed by atoms with E-state index >= 15 is 0 Å². The first-order valence-corrected chi connectivity index (χ1v) is 14.5. The van der Waals surface area contributed by atoms with Gasteiger partial charge in [-0.3, -0.25) is 28.8 Å². The summed E-state index contributed by atoms with van der Waals surface area (Å²) in [5.74, 6) is -3.58. The molecule has 2 fully saturated rings. The number of hydrogen-bond acceptors (Lipinski definition) is 7. The van der Waals surface area contributed by atoms with Crippen LogP contribution in [0.25, 0.3) is 0 Å². The van der Waals surface area contributed by atoms with Crippen LogP contribution in [-0.2, 0) is 33.5 Å². The van der Waals surface area contributed by atoms with Crippen LogP contribution < -0.4 is 10.6 Å². The molecule has 6 atom stereocenters. The van der Waals surface area contributed by atoms with Gasteiger partial charge in [0.1, 0.15) is 24.2 Å². The maximum absolute atomic E-state index is 13.9. The van der Waals surface area contributed by atoms with Gasteiger partial charge in [0.25, 0.3) is 5.91 Å². The van der Waals surface area contributed by atoms with Crippen LogP contribution in [0.5, 0.6) is 0 Å². The lowest BCUT2D eigenvalue weighted by molar-refractivity contribution is -0.161. The Morgan fingerprint density at radius 3 is 2.24 bits per heavy atom. The van der Waals surface area contributed by atoms with E-state index < -0.39 is 65.8 Å². The Balaban J connectivity index is 2.53. The number of likely N-dealkylation sites (N-methyl/N-ethyl adjacent to an activating group) is 2. The average Bonchev–Trinajstić information content (AvgIpc) is 3.43. The first kappa shape index (κ1) is 33.8. The number of cyclic esters (lactones) is 1. The molecule has 0 aromatic heterocycles. The molecule has 0 aromatic rings. The summed E-state index contributed by atoms with van der Waals surface area (Å²) in [6.07, 6.45) is 1.70. The molecule has 12 nitrogen and oxygen atoms in total. The molecule has 2 aliphatic heterocycles. The van der Waals surface area contributed by atoms with E-state index in [4.69, 9.17) is 4.74 Å². The Hall–Kier alpha value is -3.44. The summed E-state index contributed by atoms with van der Waals surface area (Å²) in [4.78, 5) is 84.0. The number of fused-ring (bicyclic) bond motifs is 1. The minimum atomic E-state index is -1.17. The molecule has 2 aliphatic rings. The van der Waals surface area contributed by atoms with Crippen molar-refractivity contribution in [2.75, 3.05) is 27.2 Å². The zero-order chi connectivity index (χ0) is 31.0. The SMILES string of the molecule is C=CCC1OC(=O)CCNC(=O)[C@H](C)N(C)C(=O)[C@H](C(C)C)N(C)C(=O)[C@H]([C@@H](C)CC)NC(=O)[C@@H]2CCCN2C1=O. The van der Waals surface area contributed by atoms with Gasteiger partial charge in [0.05, 0.1) is 6.42 Å². The summed E-state index contributed by atoms with van der Waals surface area (Å²) in [6.45, 7) is 12.8. The Labute approximate surface area is 243 Å². The summed E-state index contributed by atoms with van der Waals surface area (Å²) >= 11 is 0. The molecule has 0 spiro atoms. The molecule has 0 aliphatic carbocycles. The molecule has 12 heteroatoms. The van der Waals surface area contributed by atoms with Crippen molar-refractivity contribution in [1.29, 1.82) is 0 Å². The van der Waals surface area contributed by atoms with E-state index in [9.17, 15) is 28.8 Å². The van der Waals surface area contributed by atoms with Crippen molar-refractivity contribution in [2.45, 2.75) is 97.0 Å². The fourth-order valence-electron chi connectivity index (χ4n) is 5.25. The number of amides is 5. The number of hydrogen-bond donors (Lipinski definition) is 2. The van der Waals surface area contributed by atoms with E-state index in [1.54, 1.807) is 6.92 Å². The van der Waals surface area contributed by atoms with Gasteiger partial charge in [-0.2, -0.15) is 0 Å². The third kappa shape index (κ3) is 8.07. The van der Waals surface area contributed by atoms with Gasteiger partial charge in [0, 0.05) is 33.6 Å². The molecule has 0 aromatic carbocycles. The second kappa shape index (κ2) is 15.0. The van der Waals surface area contributed by atoms with Crippen molar-refractivity contribution < 1.29 is 33.5 Å². The molecule has 1 unspecified atom stereocenters. The highest BCUT2D eigenvalue weighted by Gasteiger charge is 2.42. The predicted molar refractivity (Wildman–Crippen MR) is 152 cm³/mol. The second-order valence-corrected chi connectivity index (χ2v) is 11.4.